The predicted molar refractivity (Wildman–Crippen MR) is 111 cm³/mol. The largest absolute Gasteiger partial charge is 0.417 e. The molecule has 0 spiro atoms. The molecule has 5 nitrogen and oxygen atoms in total. The summed E-state index contributed by atoms with van der Waals surface area (Å²) in [7, 11) is 0. The highest BCUT2D eigenvalue weighted by atomic mass is 19.4. The van der Waals surface area contributed by atoms with Gasteiger partial charge in [-0.3, -0.25) is 4.79 Å². The fourth-order valence-corrected chi connectivity index (χ4v) is 2.85. The summed E-state index contributed by atoms with van der Waals surface area (Å²) in [6, 6.07) is 9.08. The molecular formula is C22H24F4N4O. The molecule has 0 heterocycles. The van der Waals surface area contributed by atoms with Gasteiger partial charge in [-0.15, -0.1) is 0 Å². The van der Waals surface area contributed by atoms with Gasteiger partial charge in [0.1, 0.15) is 5.82 Å². The second-order valence-corrected chi connectivity index (χ2v) is 7.68. The number of amides is 1. The Morgan fingerprint density at radius 3 is 2.35 bits per heavy atom. The molecule has 0 saturated carbocycles. The molecule has 0 aliphatic rings. The number of carbonyl (C=O) groups is 1. The molecule has 0 aliphatic carbocycles. The molecule has 1 amide bonds. The van der Waals surface area contributed by atoms with Crippen LogP contribution in [0.2, 0.25) is 0 Å². The van der Waals surface area contributed by atoms with Crippen LogP contribution in [0.5, 0.6) is 0 Å². The van der Waals surface area contributed by atoms with E-state index in [0.717, 1.165) is 18.6 Å². The number of halogens is 4. The summed E-state index contributed by atoms with van der Waals surface area (Å²) in [5.41, 5.74) is -1.57. The summed E-state index contributed by atoms with van der Waals surface area (Å²) < 4.78 is 53.7. The van der Waals surface area contributed by atoms with Crippen LogP contribution >= 0.6 is 0 Å². The van der Waals surface area contributed by atoms with Crippen LogP contribution < -0.4 is 16.0 Å². The Kier molecular flexibility index (Phi) is 7.50. The number of benzene rings is 2. The average Bonchev–Trinajstić information content (AvgIpc) is 2.69. The first kappa shape index (κ1) is 24.0. The van der Waals surface area contributed by atoms with Gasteiger partial charge in [0.2, 0.25) is 0 Å². The van der Waals surface area contributed by atoms with E-state index in [2.05, 4.69) is 16.0 Å². The van der Waals surface area contributed by atoms with Crippen LogP contribution in [0.15, 0.2) is 36.4 Å². The summed E-state index contributed by atoms with van der Waals surface area (Å²) in [5.74, 6) is -1.17. The lowest BCUT2D eigenvalue weighted by atomic mass is 10.0. The number of alkyl halides is 3. The van der Waals surface area contributed by atoms with Crippen molar-refractivity contribution in [3.8, 4) is 6.07 Å². The van der Waals surface area contributed by atoms with E-state index in [4.69, 9.17) is 5.26 Å². The van der Waals surface area contributed by atoms with Crippen LogP contribution in [0.1, 0.15) is 48.7 Å². The SMILES string of the molecule is CCCNC(=O)c1ccc(NC(C)(C)CNc2ccc(C#N)c(C(F)(F)F)c2)cc1F. The Morgan fingerprint density at radius 1 is 1.10 bits per heavy atom. The van der Waals surface area contributed by atoms with E-state index in [1.54, 1.807) is 19.9 Å². The normalized spacial score (nSPS) is 11.5. The zero-order valence-corrected chi connectivity index (χ0v) is 17.5. The first-order chi connectivity index (χ1) is 14.5. The summed E-state index contributed by atoms with van der Waals surface area (Å²) >= 11 is 0. The van der Waals surface area contributed by atoms with Crippen molar-refractivity contribution in [2.75, 3.05) is 23.7 Å². The number of carbonyl (C=O) groups excluding carboxylic acids is 1. The first-order valence-electron chi connectivity index (χ1n) is 9.68. The quantitative estimate of drug-likeness (QED) is 0.500. The molecule has 2 rings (SSSR count). The van der Waals surface area contributed by atoms with E-state index < -0.39 is 34.6 Å². The molecular weight excluding hydrogens is 412 g/mol. The Balaban J connectivity index is 2.08. The third-order valence-electron chi connectivity index (χ3n) is 4.41. The van der Waals surface area contributed by atoms with Crippen molar-refractivity contribution >= 4 is 17.3 Å². The van der Waals surface area contributed by atoms with Gasteiger partial charge >= 0.3 is 6.18 Å². The number of nitrogens with one attached hydrogen (secondary N) is 3. The van der Waals surface area contributed by atoms with Crippen molar-refractivity contribution < 1.29 is 22.4 Å². The minimum atomic E-state index is -4.64. The molecule has 9 heteroatoms. The summed E-state index contributed by atoms with van der Waals surface area (Å²) in [4.78, 5) is 11.9. The van der Waals surface area contributed by atoms with Gasteiger partial charge in [-0.05, 0) is 56.7 Å². The second-order valence-electron chi connectivity index (χ2n) is 7.68. The van der Waals surface area contributed by atoms with Gasteiger partial charge in [-0.2, -0.15) is 18.4 Å². The van der Waals surface area contributed by atoms with Crippen molar-refractivity contribution in [2.45, 2.75) is 38.9 Å². The zero-order valence-electron chi connectivity index (χ0n) is 17.5. The Morgan fingerprint density at radius 2 is 1.77 bits per heavy atom. The van der Waals surface area contributed by atoms with Crippen molar-refractivity contribution in [3.63, 3.8) is 0 Å². The highest BCUT2D eigenvalue weighted by Crippen LogP contribution is 2.33. The molecule has 0 bridgehead atoms. The fourth-order valence-electron chi connectivity index (χ4n) is 2.85. The molecule has 31 heavy (non-hydrogen) atoms. The van der Waals surface area contributed by atoms with Crippen LogP contribution in [0.4, 0.5) is 28.9 Å². The molecule has 0 saturated heterocycles. The van der Waals surface area contributed by atoms with Crippen LogP contribution in [0.3, 0.4) is 0 Å². The van der Waals surface area contributed by atoms with Crippen molar-refractivity contribution in [2.24, 2.45) is 0 Å². The smallest absolute Gasteiger partial charge is 0.383 e. The molecule has 0 fully saturated rings. The molecule has 0 unspecified atom stereocenters. The second kappa shape index (κ2) is 9.69. The van der Waals surface area contributed by atoms with E-state index in [-0.39, 0.29) is 17.8 Å². The lowest BCUT2D eigenvalue weighted by Crippen LogP contribution is -2.38. The van der Waals surface area contributed by atoms with Gasteiger partial charge in [0, 0.05) is 30.0 Å². The number of anilines is 2. The maximum absolute atomic E-state index is 14.3. The minimum Gasteiger partial charge on any atom is -0.383 e. The number of nitrogens with zero attached hydrogens (tertiary/aromatic N) is 1. The third kappa shape index (κ3) is 6.60. The number of hydrogen-bond donors (Lipinski definition) is 3. The van der Waals surface area contributed by atoms with E-state index in [1.165, 1.54) is 24.3 Å². The van der Waals surface area contributed by atoms with Crippen molar-refractivity contribution in [1.29, 1.82) is 5.26 Å². The lowest BCUT2D eigenvalue weighted by Gasteiger charge is -2.28. The van der Waals surface area contributed by atoms with Gasteiger partial charge in [0.05, 0.1) is 22.8 Å². The standard InChI is InChI=1S/C22H24F4N4O/c1-4-9-28-20(31)17-8-7-16(11-19(17)23)30-21(2,3)13-29-15-6-5-14(12-27)18(10-15)22(24,25)26/h5-8,10-11,29-30H,4,9,13H2,1-3H3,(H,28,31). The molecule has 166 valence electrons. The predicted octanol–water partition coefficient (Wildman–Crippen LogP) is 5.16. The molecule has 3 N–H and O–H groups in total. The Bertz CT molecular complexity index is 980. The van der Waals surface area contributed by atoms with Gasteiger partial charge in [-0.25, -0.2) is 4.39 Å². The molecule has 2 aromatic rings. The Labute approximate surface area is 178 Å². The maximum Gasteiger partial charge on any atom is 0.417 e. The van der Waals surface area contributed by atoms with Crippen LogP contribution in [0.25, 0.3) is 0 Å². The topological polar surface area (TPSA) is 77.0 Å². The molecule has 2 aromatic carbocycles. The summed E-state index contributed by atoms with van der Waals surface area (Å²) in [6.07, 6.45) is -3.91. The minimum absolute atomic E-state index is 0.0628. The third-order valence-corrected chi connectivity index (χ3v) is 4.41. The first-order valence-corrected chi connectivity index (χ1v) is 9.68. The number of hydrogen-bond acceptors (Lipinski definition) is 4. The van der Waals surface area contributed by atoms with Crippen molar-refractivity contribution in [3.05, 3.63) is 58.9 Å². The molecule has 0 aliphatic heterocycles. The van der Waals surface area contributed by atoms with E-state index in [0.29, 0.717) is 12.2 Å². The number of nitriles is 1. The monoisotopic (exact) mass is 436 g/mol. The maximum atomic E-state index is 14.3. The lowest BCUT2D eigenvalue weighted by molar-refractivity contribution is -0.137. The highest BCUT2D eigenvalue weighted by molar-refractivity contribution is 5.94. The summed E-state index contributed by atoms with van der Waals surface area (Å²) in [6.45, 7) is 6.11. The van der Waals surface area contributed by atoms with Crippen molar-refractivity contribution in [1.82, 2.24) is 5.32 Å². The van der Waals surface area contributed by atoms with E-state index >= 15 is 0 Å². The van der Waals surface area contributed by atoms with E-state index in [9.17, 15) is 22.4 Å². The molecule has 0 atom stereocenters. The molecule has 0 radical (unpaired) electrons. The van der Waals surface area contributed by atoms with Gasteiger partial charge < -0.3 is 16.0 Å². The average molecular weight is 436 g/mol. The zero-order chi connectivity index (χ0) is 23.2. The van der Waals surface area contributed by atoms with Gasteiger partial charge in [0.15, 0.2) is 0 Å². The van der Waals surface area contributed by atoms with Crippen LogP contribution in [0, 0.1) is 17.1 Å². The summed E-state index contributed by atoms with van der Waals surface area (Å²) in [5, 5.41) is 17.5. The van der Waals surface area contributed by atoms with Crippen LogP contribution in [-0.4, -0.2) is 24.5 Å². The fraction of sp³-hybridized carbons (Fsp3) is 0.364. The number of rotatable bonds is 8. The van der Waals surface area contributed by atoms with Gasteiger partial charge in [0.25, 0.3) is 5.91 Å². The van der Waals surface area contributed by atoms with Crippen LogP contribution in [-0.2, 0) is 6.18 Å². The molecule has 0 aromatic heterocycles. The van der Waals surface area contributed by atoms with Gasteiger partial charge in [-0.1, -0.05) is 6.92 Å². The Hall–Kier alpha value is -3.28. The highest BCUT2D eigenvalue weighted by Gasteiger charge is 2.34. The van der Waals surface area contributed by atoms with E-state index in [1.807, 2.05) is 6.92 Å².